The van der Waals surface area contributed by atoms with Crippen molar-refractivity contribution in [3.8, 4) is 11.5 Å². The number of aromatic hydroxyl groups is 1. The van der Waals surface area contributed by atoms with E-state index < -0.39 is 0 Å². The molecule has 2 N–H and O–H groups in total. The van der Waals surface area contributed by atoms with Crippen LogP contribution in [-0.4, -0.2) is 32.0 Å². The van der Waals surface area contributed by atoms with Gasteiger partial charge in [-0.25, -0.2) is 0 Å². The van der Waals surface area contributed by atoms with E-state index in [0.717, 1.165) is 12.1 Å². The van der Waals surface area contributed by atoms with Gasteiger partial charge in [-0.1, -0.05) is 6.07 Å². The molecule has 0 saturated heterocycles. The van der Waals surface area contributed by atoms with E-state index in [4.69, 9.17) is 9.47 Å². The minimum atomic E-state index is 0.161. The van der Waals surface area contributed by atoms with Crippen LogP contribution < -0.4 is 10.1 Å². The van der Waals surface area contributed by atoms with E-state index in [0.29, 0.717) is 5.75 Å². The van der Waals surface area contributed by atoms with Gasteiger partial charge in [0.15, 0.2) is 11.5 Å². The Morgan fingerprint density at radius 3 is 2.59 bits per heavy atom. The first kappa shape index (κ1) is 13.8. The van der Waals surface area contributed by atoms with Crippen LogP contribution >= 0.6 is 0 Å². The van der Waals surface area contributed by atoms with Crippen molar-refractivity contribution in [2.75, 3.05) is 20.8 Å². The number of methoxy groups -OCH3 is 2. The lowest BCUT2D eigenvalue weighted by Gasteiger charge is -2.18. The van der Waals surface area contributed by atoms with Gasteiger partial charge in [-0.15, -0.1) is 0 Å². The third-order valence-corrected chi connectivity index (χ3v) is 2.82. The van der Waals surface area contributed by atoms with Gasteiger partial charge in [0.25, 0.3) is 0 Å². The van der Waals surface area contributed by atoms with Gasteiger partial charge in [0.05, 0.1) is 13.2 Å². The fraction of sp³-hybridized carbons (Fsp3) is 0.538. The summed E-state index contributed by atoms with van der Waals surface area (Å²) in [6.07, 6.45) is 0.177. The van der Waals surface area contributed by atoms with Crippen molar-refractivity contribution in [3.63, 3.8) is 0 Å². The molecule has 2 atom stereocenters. The zero-order valence-corrected chi connectivity index (χ0v) is 10.9. The van der Waals surface area contributed by atoms with E-state index in [2.05, 4.69) is 12.2 Å². The van der Waals surface area contributed by atoms with Gasteiger partial charge in [0, 0.05) is 19.7 Å². The average molecular weight is 239 g/mol. The molecule has 0 aromatic heterocycles. The molecule has 0 fully saturated rings. The Balaban J connectivity index is 2.65. The highest BCUT2D eigenvalue weighted by molar-refractivity contribution is 5.42. The summed E-state index contributed by atoms with van der Waals surface area (Å²) in [6.45, 7) is 4.85. The molecule has 0 spiro atoms. The van der Waals surface area contributed by atoms with Crippen LogP contribution in [-0.2, 0) is 4.74 Å². The first-order chi connectivity index (χ1) is 8.08. The lowest BCUT2D eigenvalue weighted by atomic mass is 10.1. The maximum Gasteiger partial charge on any atom is 0.160 e. The first-order valence-corrected chi connectivity index (χ1v) is 5.71. The number of ether oxygens (including phenoxy) is 2. The molecule has 96 valence electrons. The molecule has 0 aliphatic carbocycles. The Bertz CT molecular complexity index is 355. The van der Waals surface area contributed by atoms with Gasteiger partial charge in [0.1, 0.15) is 0 Å². The minimum Gasteiger partial charge on any atom is -0.504 e. The Kier molecular flexibility index (Phi) is 5.25. The lowest BCUT2D eigenvalue weighted by Crippen LogP contribution is -2.28. The third kappa shape index (κ3) is 3.91. The fourth-order valence-corrected chi connectivity index (χ4v) is 1.51. The molecule has 1 aromatic rings. The summed E-state index contributed by atoms with van der Waals surface area (Å²) >= 11 is 0. The first-order valence-electron chi connectivity index (χ1n) is 5.71. The molecular weight excluding hydrogens is 218 g/mol. The number of rotatable bonds is 6. The molecule has 4 heteroatoms. The average Bonchev–Trinajstić information content (AvgIpc) is 2.35. The van der Waals surface area contributed by atoms with E-state index in [-0.39, 0.29) is 17.9 Å². The zero-order valence-electron chi connectivity index (χ0n) is 10.9. The molecule has 0 amide bonds. The Labute approximate surface area is 103 Å². The zero-order chi connectivity index (χ0) is 12.8. The normalized spacial score (nSPS) is 14.4. The largest absolute Gasteiger partial charge is 0.504 e. The highest BCUT2D eigenvalue weighted by Crippen LogP contribution is 2.28. The number of hydrogen-bond acceptors (Lipinski definition) is 4. The standard InChI is InChI=1S/C13H21NO3/c1-9(16-3)8-14-10(2)11-5-6-12(15)13(7-11)17-4/h5-7,9-10,14-15H,8H2,1-4H3. The summed E-state index contributed by atoms with van der Waals surface area (Å²) in [7, 11) is 3.24. The smallest absolute Gasteiger partial charge is 0.160 e. The molecule has 0 radical (unpaired) electrons. The van der Waals surface area contributed by atoms with Crippen LogP contribution in [0, 0.1) is 0 Å². The van der Waals surface area contributed by atoms with Crippen molar-refractivity contribution in [1.82, 2.24) is 5.32 Å². The Morgan fingerprint density at radius 1 is 1.29 bits per heavy atom. The molecular formula is C13H21NO3. The third-order valence-electron chi connectivity index (χ3n) is 2.82. The van der Waals surface area contributed by atoms with Crippen LogP contribution in [0.3, 0.4) is 0 Å². The number of benzene rings is 1. The summed E-state index contributed by atoms with van der Waals surface area (Å²) in [4.78, 5) is 0. The predicted octanol–water partition coefficient (Wildman–Crippen LogP) is 2.09. The number of nitrogens with one attached hydrogen (secondary N) is 1. The molecule has 2 unspecified atom stereocenters. The SMILES string of the molecule is COc1cc(C(C)NCC(C)OC)ccc1O. The van der Waals surface area contributed by atoms with E-state index in [1.807, 2.05) is 19.1 Å². The summed E-state index contributed by atoms with van der Waals surface area (Å²) in [5, 5.41) is 12.9. The van der Waals surface area contributed by atoms with E-state index >= 15 is 0 Å². The highest BCUT2D eigenvalue weighted by Gasteiger charge is 2.10. The summed E-state index contributed by atoms with van der Waals surface area (Å²) < 4.78 is 10.3. The van der Waals surface area contributed by atoms with Crippen molar-refractivity contribution in [2.24, 2.45) is 0 Å². The number of hydrogen-bond donors (Lipinski definition) is 2. The molecule has 0 heterocycles. The van der Waals surface area contributed by atoms with Gasteiger partial charge < -0.3 is 19.9 Å². The molecule has 1 aromatic carbocycles. The van der Waals surface area contributed by atoms with Gasteiger partial charge in [-0.3, -0.25) is 0 Å². The van der Waals surface area contributed by atoms with Crippen LogP contribution in [0.2, 0.25) is 0 Å². The number of phenols is 1. The van der Waals surface area contributed by atoms with E-state index in [9.17, 15) is 5.11 Å². The summed E-state index contributed by atoms with van der Waals surface area (Å²) in [5.41, 5.74) is 1.07. The summed E-state index contributed by atoms with van der Waals surface area (Å²) in [5.74, 6) is 0.657. The maximum atomic E-state index is 9.51. The molecule has 17 heavy (non-hydrogen) atoms. The lowest BCUT2D eigenvalue weighted by molar-refractivity contribution is 0.115. The molecule has 0 saturated carbocycles. The maximum absolute atomic E-state index is 9.51. The van der Waals surface area contributed by atoms with Crippen molar-refractivity contribution in [3.05, 3.63) is 23.8 Å². The van der Waals surface area contributed by atoms with Crippen molar-refractivity contribution in [2.45, 2.75) is 26.0 Å². The topological polar surface area (TPSA) is 50.7 Å². The van der Waals surface area contributed by atoms with Crippen molar-refractivity contribution < 1.29 is 14.6 Å². The van der Waals surface area contributed by atoms with Crippen LogP contribution in [0.5, 0.6) is 11.5 Å². The molecule has 4 nitrogen and oxygen atoms in total. The molecule has 1 rings (SSSR count). The predicted molar refractivity (Wildman–Crippen MR) is 67.5 cm³/mol. The monoisotopic (exact) mass is 239 g/mol. The van der Waals surface area contributed by atoms with Crippen LogP contribution in [0.15, 0.2) is 18.2 Å². The van der Waals surface area contributed by atoms with Gasteiger partial charge in [0.2, 0.25) is 0 Å². The molecule has 0 aliphatic heterocycles. The second-order valence-corrected chi connectivity index (χ2v) is 4.11. The van der Waals surface area contributed by atoms with Crippen LogP contribution in [0.25, 0.3) is 0 Å². The van der Waals surface area contributed by atoms with Crippen molar-refractivity contribution >= 4 is 0 Å². The van der Waals surface area contributed by atoms with Crippen LogP contribution in [0.1, 0.15) is 25.5 Å². The van der Waals surface area contributed by atoms with E-state index in [1.165, 1.54) is 0 Å². The Hall–Kier alpha value is -1.26. The van der Waals surface area contributed by atoms with Gasteiger partial charge >= 0.3 is 0 Å². The quantitative estimate of drug-likeness (QED) is 0.798. The second-order valence-electron chi connectivity index (χ2n) is 4.11. The number of phenolic OH excluding ortho intramolecular Hbond substituents is 1. The van der Waals surface area contributed by atoms with Crippen molar-refractivity contribution in [1.29, 1.82) is 0 Å². The molecule has 0 bridgehead atoms. The van der Waals surface area contributed by atoms with Gasteiger partial charge in [-0.05, 0) is 31.5 Å². The van der Waals surface area contributed by atoms with Gasteiger partial charge in [-0.2, -0.15) is 0 Å². The Morgan fingerprint density at radius 2 is 2.00 bits per heavy atom. The fourth-order valence-electron chi connectivity index (χ4n) is 1.51. The van der Waals surface area contributed by atoms with Crippen LogP contribution in [0.4, 0.5) is 0 Å². The second kappa shape index (κ2) is 6.47. The summed E-state index contributed by atoms with van der Waals surface area (Å²) in [6, 6.07) is 5.55. The minimum absolute atomic E-state index is 0.161. The molecule has 0 aliphatic rings. The van der Waals surface area contributed by atoms with E-state index in [1.54, 1.807) is 20.3 Å². The highest BCUT2D eigenvalue weighted by atomic mass is 16.5.